The van der Waals surface area contributed by atoms with Gasteiger partial charge in [-0.05, 0) is 19.9 Å². The van der Waals surface area contributed by atoms with Gasteiger partial charge in [0.1, 0.15) is 11.5 Å². The van der Waals surface area contributed by atoms with E-state index in [9.17, 15) is 0 Å². The van der Waals surface area contributed by atoms with E-state index in [1.165, 1.54) is 0 Å². The van der Waals surface area contributed by atoms with Crippen LogP contribution in [0.3, 0.4) is 0 Å². The van der Waals surface area contributed by atoms with Gasteiger partial charge in [0, 0.05) is 11.6 Å². The molecule has 1 aromatic heterocycles. The fourth-order valence-electron chi connectivity index (χ4n) is 1.23. The Morgan fingerprint density at radius 1 is 1.67 bits per heavy atom. The Balaban J connectivity index is 2.88. The molecular weight excluding hydrogens is 152 g/mol. The highest BCUT2D eigenvalue weighted by Crippen LogP contribution is 2.21. The Labute approximate surface area is 71.8 Å². The second-order valence-corrected chi connectivity index (χ2v) is 2.84. The van der Waals surface area contributed by atoms with Crippen LogP contribution >= 0.6 is 0 Å². The summed E-state index contributed by atoms with van der Waals surface area (Å²) in [5, 5.41) is 8.44. The van der Waals surface area contributed by atoms with Gasteiger partial charge in [0.15, 0.2) is 0 Å². The van der Waals surface area contributed by atoms with E-state index in [2.05, 4.69) is 0 Å². The minimum absolute atomic E-state index is 0.215. The van der Waals surface area contributed by atoms with Crippen LogP contribution in [0.5, 0.6) is 0 Å². The summed E-state index contributed by atoms with van der Waals surface area (Å²) in [6, 6.07) is 3.71. The van der Waals surface area contributed by atoms with E-state index < -0.39 is 0 Å². The van der Waals surface area contributed by atoms with Crippen LogP contribution in [0.2, 0.25) is 0 Å². The molecule has 0 aliphatic rings. The highest BCUT2D eigenvalue weighted by molar-refractivity contribution is 5.24. The molecule has 1 atom stereocenters. The molecule has 0 bridgehead atoms. The molecule has 0 unspecified atom stereocenters. The summed E-state index contributed by atoms with van der Waals surface area (Å²) in [7, 11) is 0. The van der Waals surface area contributed by atoms with Gasteiger partial charge in [0.25, 0.3) is 0 Å². The largest absolute Gasteiger partial charge is 0.466 e. The summed E-state index contributed by atoms with van der Waals surface area (Å²) < 4.78 is 5.29. The Bertz CT molecular complexity index is 309. The molecule has 0 aliphatic heterocycles. The van der Waals surface area contributed by atoms with Gasteiger partial charge in [-0.1, -0.05) is 0 Å². The van der Waals surface area contributed by atoms with Crippen molar-refractivity contribution in [2.24, 2.45) is 5.73 Å². The lowest BCUT2D eigenvalue weighted by molar-refractivity contribution is 0.497. The van der Waals surface area contributed by atoms with E-state index >= 15 is 0 Å². The van der Waals surface area contributed by atoms with Crippen molar-refractivity contribution in [3.8, 4) is 6.07 Å². The Kier molecular flexibility index (Phi) is 2.51. The Hall–Kier alpha value is -1.27. The molecule has 3 nitrogen and oxygen atoms in total. The average molecular weight is 164 g/mol. The number of aryl methyl sites for hydroxylation is 2. The highest BCUT2D eigenvalue weighted by atomic mass is 16.3. The first kappa shape index (κ1) is 8.82. The summed E-state index contributed by atoms with van der Waals surface area (Å²) >= 11 is 0. The zero-order valence-corrected chi connectivity index (χ0v) is 7.29. The summed E-state index contributed by atoms with van der Waals surface area (Å²) in [6.07, 6.45) is 0.333. The van der Waals surface area contributed by atoms with Gasteiger partial charge in [-0.2, -0.15) is 5.26 Å². The van der Waals surface area contributed by atoms with Crippen LogP contribution in [0.1, 0.15) is 29.5 Å². The zero-order valence-electron chi connectivity index (χ0n) is 7.29. The maximum Gasteiger partial charge on any atom is 0.105 e. The fourth-order valence-corrected chi connectivity index (χ4v) is 1.23. The van der Waals surface area contributed by atoms with Gasteiger partial charge in [0.05, 0.1) is 12.5 Å². The lowest BCUT2D eigenvalue weighted by Crippen LogP contribution is -2.09. The third kappa shape index (κ3) is 1.66. The molecule has 0 saturated carbocycles. The summed E-state index contributed by atoms with van der Waals surface area (Å²) in [5.41, 5.74) is 6.68. The van der Waals surface area contributed by atoms with Crippen molar-refractivity contribution in [3.05, 3.63) is 23.2 Å². The molecule has 12 heavy (non-hydrogen) atoms. The number of nitrogens with zero attached hydrogens (tertiary/aromatic N) is 1. The van der Waals surface area contributed by atoms with Crippen LogP contribution in [0.25, 0.3) is 0 Å². The third-order valence-electron chi connectivity index (χ3n) is 1.79. The molecule has 2 N–H and O–H groups in total. The molecule has 0 fully saturated rings. The average Bonchev–Trinajstić information content (AvgIpc) is 2.30. The van der Waals surface area contributed by atoms with Crippen molar-refractivity contribution < 1.29 is 4.42 Å². The summed E-state index contributed by atoms with van der Waals surface area (Å²) in [6.45, 7) is 3.73. The molecular formula is C9H12N2O. The molecule has 0 spiro atoms. The van der Waals surface area contributed by atoms with Crippen LogP contribution in [0.4, 0.5) is 0 Å². The minimum Gasteiger partial charge on any atom is -0.466 e. The predicted molar refractivity (Wildman–Crippen MR) is 45.3 cm³/mol. The number of nitrogens with two attached hydrogens (primary N) is 1. The van der Waals surface area contributed by atoms with E-state index in [4.69, 9.17) is 15.4 Å². The molecule has 0 amide bonds. The van der Waals surface area contributed by atoms with Crippen LogP contribution in [0, 0.1) is 25.2 Å². The molecule has 0 aromatic carbocycles. The second kappa shape index (κ2) is 3.42. The van der Waals surface area contributed by atoms with Crippen molar-refractivity contribution >= 4 is 0 Å². The topological polar surface area (TPSA) is 63.0 Å². The Morgan fingerprint density at radius 2 is 2.33 bits per heavy atom. The van der Waals surface area contributed by atoms with Crippen molar-refractivity contribution in [2.75, 3.05) is 0 Å². The molecule has 0 aliphatic carbocycles. The number of rotatable bonds is 2. The van der Waals surface area contributed by atoms with Gasteiger partial charge in [-0.25, -0.2) is 0 Å². The van der Waals surface area contributed by atoms with Crippen molar-refractivity contribution in [1.82, 2.24) is 0 Å². The van der Waals surface area contributed by atoms with Gasteiger partial charge in [-0.15, -0.1) is 0 Å². The first-order valence-corrected chi connectivity index (χ1v) is 3.84. The smallest absolute Gasteiger partial charge is 0.105 e. The molecule has 0 radical (unpaired) electrons. The van der Waals surface area contributed by atoms with Gasteiger partial charge in [0.2, 0.25) is 0 Å². The lowest BCUT2D eigenvalue weighted by atomic mass is 10.1. The normalized spacial score (nSPS) is 12.5. The monoisotopic (exact) mass is 164 g/mol. The third-order valence-corrected chi connectivity index (χ3v) is 1.79. The second-order valence-electron chi connectivity index (χ2n) is 2.84. The van der Waals surface area contributed by atoms with Crippen molar-refractivity contribution in [2.45, 2.75) is 26.3 Å². The quantitative estimate of drug-likeness (QED) is 0.725. The first-order chi connectivity index (χ1) is 5.65. The lowest BCUT2D eigenvalue weighted by Gasteiger charge is -2.03. The zero-order chi connectivity index (χ0) is 9.14. The van der Waals surface area contributed by atoms with Crippen LogP contribution in [-0.2, 0) is 0 Å². The highest BCUT2D eigenvalue weighted by Gasteiger charge is 2.11. The van der Waals surface area contributed by atoms with Gasteiger partial charge >= 0.3 is 0 Å². The van der Waals surface area contributed by atoms with Gasteiger partial charge < -0.3 is 10.2 Å². The van der Waals surface area contributed by atoms with E-state index in [1.54, 1.807) is 0 Å². The van der Waals surface area contributed by atoms with Crippen molar-refractivity contribution in [1.29, 1.82) is 5.26 Å². The summed E-state index contributed by atoms with van der Waals surface area (Å²) in [4.78, 5) is 0. The molecule has 1 heterocycles. The van der Waals surface area contributed by atoms with Crippen LogP contribution < -0.4 is 5.73 Å². The van der Waals surface area contributed by atoms with E-state index in [0.29, 0.717) is 6.42 Å². The molecule has 64 valence electrons. The predicted octanol–water partition coefficient (Wildman–Crippen LogP) is 1.81. The molecule has 3 heteroatoms. The van der Waals surface area contributed by atoms with E-state index in [-0.39, 0.29) is 6.04 Å². The summed E-state index contributed by atoms with van der Waals surface area (Å²) in [5.74, 6) is 1.66. The molecule has 1 rings (SSSR count). The molecule has 0 saturated heterocycles. The fraction of sp³-hybridized carbons (Fsp3) is 0.444. The maximum absolute atomic E-state index is 8.44. The maximum atomic E-state index is 8.44. The van der Waals surface area contributed by atoms with E-state index in [1.807, 2.05) is 26.0 Å². The standard InChI is InChI=1S/C9H12N2O/c1-6-5-8(7(2)12-6)9(11)3-4-10/h5,9H,3,11H2,1-2H3/t9-/m0/s1. The number of hydrogen-bond donors (Lipinski definition) is 1. The number of nitriles is 1. The molecule has 1 aromatic rings. The SMILES string of the molecule is Cc1cc([C@@H](N)CC#N)c(C)o1. The first-order valence-electron chi connectivity index (χ1n) is 3.84. The van der Waals surface area contributed by atoms with Crippen LogP contribution in [0.15, 0.2) is 10.5 Å². The Morgan fingerprint density at radius 3 is 2.75 bits per heavy atom. The van der Waals surface area contributed by atoms with Gasteiger partial charge in [-0.3, -0.25) is 0 Å². The minimum atomic E-state index is -0.215. The van der Waals surface area contributed by atoms with Crippen LogP contribution in [-0.4, -0.2) is 0 Å². The van der Waals surface area contributed by atoms with E-state index in [0.717, 1.165) is 17.1 Å². The number of hydrogen-bond acceptors (Lipinski definition) is 3. The van der Waals surface area contributed by atoms with Crippen molar-refractivity contribution in [3.63, 3.8) is 0 Å². The number of furan rings is 1.